The third-order valence-corrected chi connectivity index (χ3v) is 5.06. The summed E-state index contributed by atoms with van der Waals surface area (Å²) in [6.07, 6.45) is -1.24. The number of halogens is 1. The molecule has 8 heteroatoms. The molecule has 1 heterocycles. The predicted molar refractivity (Wildman–Crippen MR) is 112 cm³/mol. The molecule has 0 aliphatic heterocycles. The van der Waals surface area contributed by atoms with Crippen LogP contribution < -0.4 is 4.74 Å². The summed E-state index contributed by atoms with van der Waals surface area (Å²) in [6.45, 7) is 0.948. The normalized spacial score (nSPS) is 12.0. The summed E-state index contributed by atoms with van der Waals surface area (Å²) in [7, 11) is 1.54. The summed E-state index contributed by atoms with van der Waals surface area (Å²) in [4.78, 5) is 25.5. The Morgan fingerprint density at radius 1 is 1.17 bits per heavy atom. The lowest BCUT2D eigenvalue weighted by Crippen LogP contribution is -2.22. The predicted octanol–water partition coefficient (Wildman–Crippen LogP) is 2.74. The standard InChI is InChI=1S/C22H22ClNO6/c1-13-18(10-21(27)30-12-16(26)11-25)19-9-17(29-2)7-8-20(19)24(13)22(28)14-3-5-15(23)6-4-14/h3-9,16,25-26H,10-12H2,1-2H3/t16-/m0/s1. The number of ether oxygens (including phenoxy) is 2. The van der Waals surface area contributed by atoms with Gasteiger partial charge in [0.2, 0.25) is 0 Å². The van der Waals surface area contributed by atoms with Gasteiger partial charge in [0.1, 0.15) is 18.5 Å². The summed E-state index contributed by atoms with van der Waals surface area (Å²) in [5, 5.41) is 19.5. The molecule has 0 radical (unpaired) electrons. The molecule has 2 aromatic carbocycles. The van der Waals surface area contributed by atoms with Gasteiger partial charge >= 0.3 is 5.97 Å². The molecule has 1 aromatic heterocycles. The number of esters is 1. The number of carbonyl (C=O) groups excluding carboxylic acids is 2. The molecule has 2 N–H and O–H groups in total. The minimum absolute atomic E-state index is 0.103. The molecule has 0 spiro atoms. The summed E-state index contributed by atoms with van der Waals surface area (Å²) in [6, 6.07) is 11.8. The molecular weight excluding hydrogens is 410 g/mol. The van der Waals surface area contributed by atoms with Crippen LogP contribution in [0.25, 0.3) is 10.9 Å². The fourth-order valence-corrected chi connectivity index (χ4v) is 3.36. The lowest BCUT2D eigenvalue weighted by atomic mass is 10.1. The van der Waals surface area contributed by atoms with Gasteiger partial charge in [0.05, 0.1) is 25.7 Å². The van der Waals surface area contributed by atoms with Crippen molar-refractivity contribution in [3.05, 3.63) is 64.3 Å². The van der Waals surface area contributed by atoms with Crippen LogP contribution in [-0.2, 0) is 16.0 Å². The third kappa shape index (κ3) is 4.48. The SMILES string of the molecule is COc1ccc2c(c1)c(CC(=O)OC[C@@H](O)CO)c(C)n2C(=O)c1ccc(Cl)cc1. The maximum Gasteiger partial charge on any atom is 0.310 e. The van der Waals surface area contributed by atoms with Gasteiger partial charge in [0, 0.05) is 21.7 Å². The van der Waals surface area contributed by atoms with Crippen LogP contribution >= 0.6 is 11.6 Å². The highest BCUT2D eigenvalue weighted by atomic mass is 35.5. The van der Waals surface area contributed by atoms with Gasteiger partial charge in [-0.05, 0) is 55.0 Å². The molecule has 0 aliphatic rings. The average molecular weight is 432 g/mol. The topological polar surface area (TPSA) is 98.0 Å². The Hall–Kier alpha value is -2.87. The number of carbonyl (C=O) groups is 2. The first-order valence-corrected chi connectivity index (χ1v) is 9.66. The van der Waals surface area contributed by atoms with Gasteiger partial charge in [-0.25, -0.2) is 0 Å². The maximum atomic E-state index is 13.2. The minimum Gasteiger partial charge on any atom is -0.497 e. The van der Waals surface area contributed by atoms with Crippen LogP contribution in [0.2, 0.25) is 5.02 Å². The zero-order valence-electron chi connectivity index (χ0n) is 16.6. The quantitative estimate of drug-likeness (QED) is 0.558. The highest BCUT2D eigenvalue weighted by molar-refractivity contribution is 6.30. The third-order valence-electron chi connectivity index (χ3n) is 4.80. The van der Waals surface area contributed by atoms with E-state index in [4.69, 9.17) is 26.2 Å². The van der Waals surface area contributed by atoms with Crippen LogP contribution in [0.5, 0.6) is 5.75 Å². The highest BCUT2D eigenvalue weighted by Gasteiger charge is 2.22. The van der Waals surface area contributed by atoms with Gasteiger partial charge in [-0.3, -0.25) is 14.2 Å². The van der Waals surface area contributed by atoms with Crippen LogP contribution in [0, 0.1) is 6.92 Å². The minimum atomic E-state index is -1.14. The van der Waals surface area contributed by atoms with Crippen LogP contribution in [0.15, 0.2) is 42.5 Å². The molecule has 0 aliphatic carbocycles. The highest BCUT2D eigenvalue weighted by Crippen LogP contribution is 2.31. The first-order valence-electron chi connectivity index (χ1n) is 9.28. The van der Waals surface area contributed by atoms with Crippen molar-refractivity contribution in [2.24, 2.45) is 0 Å². The number of hydrogen-bond donors (Lipinski definition) is 2. The van der Waals surface area contributed by atoms with Crippen molar-refractivity contribution in [3.63, 3.8) is 0 Å². The van der Waals surface area contributed by atoms with E-state index in [0.29, 0.717) is 38.5 Å². The second-order valence-corrected chi connectivity index (χ2v) is 7.23. The number of aromatic nitrogens is 1. The molecule has 0 bridgehead atoms. The summed E-state index contributed by atoms with van der Waals surface area (Å²) < 4.78 is 11.9. The molecular formula is C22H22ClNO6. The zero-order valence-corrected chi connectivity index (χ0v) is 17.3. The molecule has 158 valence electrons. The number of rotatable bonds is 7. The second-order valence-electron chi connectivity index (χ2n) is 6.79. The Bertz CT molecular complexity index is 1070. The zero-order chi connectivity index (χ0) is 21.8. The van der Waals surface area contributed by atoms with E-state index in [1.807, 2.05) is 0 Å². The van der Waals surface area contributed by atoms with Crippen LogP contribution in [-0.4, -0.2) is 53.1 Å². The first-order chi connectivity index (χ1) is 14.3. The van der Waals surface area contributed by atoms with Crippen molar-refractivity contribution in [2.45, 2.75) is 19.4 Å². The van der Waals surface area contributed by atoms with E-state index in [0.717, 1.165) is 0 Å². The van der Waals surface area contributed by atoms with Crippen LogP contribution in [0.1, 0.15) is 21.6 Å². The van der Waals surface area contributed by atoms with E-state index < -0.39 is 18.7 Å². The molecule has 0 fully saturated rings. The number of fused-ring (bicyclic) bond motifs is 1. The lowest BCUT2D eigenvalue weighted by molar-refractivity contribution is -0.146. The van der Waals surface area contributed by atoms with Gasteiger partial charge in [0.25, 0.3) is 5.91 Å². The smallest absolute Gasteiger partial charge is 0.310 e. The van der Waals surface area contributed by atoms with Crippen molar-refractivity contribution in [1.82, 2.24) is 4.57 Å². The Balaban J connectivity index is 2.04. The van der Waals surface area contributed by atoms with Gasteiger partial charge in [0.15, 0.2) is 0 Å². The fourth-order valence-electron chi connectivity index (χ4n) is 3.23. The van der Waals surface area contributed by atoms with Gasteiger partial charge in [-0.15, -0.1) is 0 Å². The monoisotopic (exact) mass is 431 g/mol. The van der Waals surface area contributed by atoms with Crippen molar-refractivity contribution >= 4 is 34.4 Å². The van der Waals surface area contributed by atoms with Crippen LogP contribution in [0.4, 0.5) is 0 Å². The van der Waals surface area contributed by atoms with Gasteiger partial charge in [-0.1, -0.05) is 11.6 Å². The van der Waals surface area contributed by atoms with E-state index in [1.165, 1.54) is 7.11 Å². The van der Waals surface area contributed by atoms with Crippen molar-refractivity contribution in [2.75, 3.05) is 20.3 Å². The Kier molecular flexibility index (Phi) is 6.77. The van der Waals surface area contributed by atoms with Gasteiger partial charge in [-0.2, -0.15) is 0 Å². The van der Waals surface area contributed by atoms with E-state index in [1.54, 1.807) is 54.0 Å². The Labute approximate surface area is 178 Å². The number of hydrogen-bond acceptors (Lipinski definition) is 6. The van der Waals surface area contributed by atoms with Crippen molar-refractivity contribution in [1.29, 1.82) is 0 Å². The van der Waals surface area contributed by atoms with E-state index in [-0.39, 0.29) is 18.9 Å². The van der Waals surface area contributed by atoms with E-state index in [2.05, 4.69) is 0 Å². The average Bonchev–Trinajstić information content (AvgIpc) is 3.02. The van der Waals surface area contributed by atoms with Crippen molar-refractivity contribution in [3.8, 4) is 5.75 Å². The van der Waals surface area contributed by atoms with E-state index >= 15 is 0 Å². The Morgan fingerprint density at radius 2 is 1.87 bits per heavy atom. The summed E-state index contributed by atoms with van der Waals surface area (Å²) in [5.41, 5.74) is 2.30. The number of aliphatic hydroxyl groups excluding tert-OH is 2. The molecule has 30 heavy (non-hydrogen) atoms. The lowest BCUT2D eigenvalue weighted by Gasteiger charge is -2.09. The molecule has 0 unspecified atom stereocenters. The molecule has 7 nitrogen and oxygen atoms in total. The summed E-state index contributed by atoms with van der Waals surface area (Å²) >= 11 is 5.93. The Morgan fingerprint density at radius 3 is 2.50 bits per heavy atom. The number of benzene rings is 2. The largest absolute Gasteiger partial charge is 0.497 e. The molecule has 3 aromatic rings. The van der Waals surface area contributed by atoms with Crippen molar-refractivity contribution < 1.29 is 29.3 Å². The number of nitrogens with zero attached hydrogens (tertiary/aromatic N) is 1. The summed E-state index contributed by atoms with van der Waals surface area (Å²) in [5.74, 6) is -0.245. The molecule has 0 saturated heterocycles. The molecule has 0 saturated carbocycles. The molecule has 1 atom stereocenters. The van der Waals surface area contributed by atoms with Crippen LogP contribution in [0.3, 0.4) is 0 Å². The van der Waals surface area contributed by atoms with Gasteiger partial charge < -0.3 is 19.7 Å². The molecule has 0 amide bonds. The first kappa shape index (κ1) is 21.8. The molecule has 3 rings (SSSR count). The second kappa shape index (κ2) is 9.30. The fraction of sp³-hybridized carbons (Fsp3) is 0.273. The number of methoxy groups -OCH3 is 1. The number of aliphatic hydroxyl groups is 2. The van der Waals surface area contributed by atoms with E-state index in [9.17, 15) is 14.7 Å². The maximum absolute atomic E-state index is 13.2.